The lowest BCUT2D eigenvalue weighted by Crippen LogP contribution is -2.04. The standard InChI is InChI=1S/C10H14N2OS/c1-7-6-8(13-2)4-5-9(7)12-10(11)14-3/h4-6H,1-3H3,(H2,11,12). The molecule has 0 saturated carbocycles. The third-order valence-electron chi connectivity index (χ3n) is 1.84. The van der Waals surface area contributed by atoms with Crippen molar-refractivity contribution in [3.63, 3.8) is 0 Å². The summed E-state index contributed by atoms with van der Waals surface area (Å²) >= 11 is 1.43. The summed E-state index contributed by atoms with van der Waals surface area (Å²) in [6.07, 6.45) is 1.90. The first-order chi connectivity index (χ1) is 6.67. The molecule has 14 heavy (non-hydrogen) atoms. The van der Waals surface area contributed by atoms with Crippen LogP contribution in [0.3, 0.4) is 0 Å². The molecule has 0 spiro atoms. The van der Waals surface area contributed by atoms with Crippen LogP contribution in [-0.2, 0) is 0 Å². The van der Waals surface area contributed by atoms with Crippen molar-refractivity contribution in [3.05, 3.63) is 23.8 Å². The maximum absolute atomic E-state index is 5.63. The zero-order valence-corrected chi connectivity index (χ0v) is 9.39. The molecule has 0 bridgehead atoms. The van der Waals surface area contributed by atoms with E-state index in [4.69, 9.17) is 10.5 Å². The zero-order chi connectivity index (χ0) is 10.6. The van der Waals surface area contributed by atoms with Gasteiger partial charge in [0.1, 0.15) is 5.75 Å². The Balaban J connectivity index is 3.00. The predicted octanol–water partition coefficient (Wildman–Crippen LogP) is 2.31. The van der Waals surface area contributed by atoms with E-state index in [1.165, 1.54) is 11.8 Å². The lowest BCUT2D eigenvalue weighted by Gasteiger charge is -2.04. The Morgan fingerprint density at radius 3 is 2.71 bits per heavy atom. The Labute approximate surface area is 88.4 Å². The number of thioether (sulfide) groups is 1. The second-order valence-electron chi connectivity index (χ2n) is 2.81. The van der Waals surface area contributed by atoms with E-state index in [9.17, 15) is 0 Å². The van der Waals surface area contributed by atoms with Crippen LogP contribution in [-0.4, -0.2) is 18.5 Å². The molecule has 76 valence electrons. The zero-order valence-electron chi connectivity index (χ0n) is 8.57. The monoisotopic (exact) mass is 210 g/mol. The Hall–Kier alpha value is -1.16. The van der Waals surface area contributed by atoms with E-state index in [0.29, 0.717) is 5.17 Å². The largest absolute Gasteiger partial charge is 0.497 e. The molecule has 0 radical (unpaired) electrons. The molecule has 1 aromatic rings. The summed E-state index contributed by atoms with van der Waals surface area (Å²) in [6, 6.07) is 5.71. The molecule has 4 heteroatoms. The molecule has 0 aliphatic carbocycles. The first-order valence-electron chi connectivity index (χ1n) is 4.20. The van der Waals surface area contributed by atoms with Crippen LogP contribution in [0.1, 0.15) is 5.56 Å². The number of nitrogens with zero attached hydrogens (tertiary/aromatic N) is 1. The van der Waals surface area contributed by atoms with Gasteiger partial charge in [-0.05, 0) is 36.9 Å². The maximum atomic E-state index is 5.63. The molecule has 0 amide bonds. The van der Waals surface area contributed by atoms with Crippen molar-refractivity contribution in [3.8, 4) is 5.75 Å². The minimum absolute atomic E-state index is 0.568. The molecular formula is C10H14N2OS. The Morgan fingerprint density at radius 1 is 1.50 bits per heavy atom. The van der Waals surface area contributed by atoms with Crippen molar-refractivity contribution in [2.75, 3.05) is 13.4 Å². The van der Waals surface area contributed by atoms with Gasteiger partial charge in [0.15, 0.2) is 5.17 Å². The fraction of sp³-hybridized carbons (Fsp3) is 0.300. The number of methoxy groups -OCH3 is 1. The van der Waals surface area contributed by atoms with Gasteiger partial charge in [-0.2, -0.15) is 0 Å². The molecule has 0 atom stereocenters. The molecule has 0 saturated heterocycles. The molecule has 1 rings (SSSR count). The van der Waals surface area contributed by atoms with Crippen molar-refractivity contribution in [2.45, 2.75) is 6.92 Å². The number of rotatable bonds is 2. The van der Waals surface area contributed by atoms with E-state index in [1.807, 2.05) is 31.4 Å². The van der Waals surface area contributed by atoms with E-state index >= 15 is 0 Å². The van der Waals surface area contributed by atoms with Gasteiger partial charge in [0, 0.05) is 0 Å². The lowest BCUT2D eigenvalue weighted by molar-refractivity contribution is 0.414. The van der Waals surface area contributed by atoms with E-state index in [1.54, 1.807) is 7.11 Å². The Kier molecular flexibility index (Phi) is 3.83. The summed E-state index contributed by atoms with van der Waals surface area (Å²) in [5.41, 5.74) is 7.57. The summed E-state index contributed by atoms with van der Waals surface area (Å²) in [5, 5.41) is 0.568. The third kappa shape index (κ3) is 2.67. The molecule has 0 heterocycles. The third-order valence-corrected chi connectivity index (χ3v) is 2.35. The molecular weight excluding hydrogens is 196 g/mol. The minimum Gasteiger partial charge on any atom is -0.497 e. The van der Waals surface area contributed by atoms with Gasteiger partial charge in [0.05, 0.1) is 12.8 Å². The van der Waals surface area contributed by atoms with E-state index < -0.39 is 0 Å². The summed E-state index contributed by atoms with van der Waals surface area (Å²) < 4.78 is 5.10. The van der Waals surface area contributed by atoms with Crippen molar-refractivity contribution < 1.29 is 4.74 Å². The molecule has 0 aliphatic rings. The second kappa shape index (κ2) is 4.91. The number of ether oxygens (including phenoxy) is 1. The number of benzene rings is 1. The van der Waals surface area contributed by atoms with Crippen LogP contribution < -0.4 is 10.5 Å². The average Bonchev–Trinajstić information content (AvgIpc) is 2.20. The van der Waals surface area contributed by atoms with Gasteiger partial charge in [0.25, 0.3) is 0 Å². The Morgan fingerprint density at radius 2 is 2.21 bits per heavy atom. The summed E-state index contributed by atoms with van der Waals surface area (Å²) in [7, 11) is 1.65. The van der Waals surface area contributed by atoms with Gasteiger partial charge in [0.2, 0.25) is 0 Å². The van der Waals surface area contributed by atoms with E-state index in [-0.39, 0.29) is 0 Å². The number of amidine groups is 1. The second-order valence-corrected chi connectivity index (χ2v) is 3.63. The maximum Gasteiger partial charge on any atom is 0.158 e. The lowest BCUT2D eigenvalue weighted by atomic mass is 10.2. The summed E-state index contributed by atoms with van der Waals surface area (Å²) in [4.78, 5) is 4.25. The normalized spacial score (nSPS) is 11.5. The van der Waals surface area contributed by atoms with Crippen LogP contribution in [0.5, 0.6) is 5.75 Å². The fourth-order valence-corrected chi connectivity index (χ4v) is 1.23. The first kappa shape index (κ1) is 10.9. The van der Waals surface area contributed by atoms with Gasteiger partial charge in [-0.25, -0.2) is 4.99 Å². The van der Waals surface area contributed by atoms with Crippen LogP contribution in [0.15, 0.2) is 23.2 Å². The van der Waals surface area contributed by atoms with Crippen molar-refractivity contribution in [1.82, 2.24) is 0 Å². The smallest absolute Gasteiger partial charge is 0.158 e. The number of hydrogen-bond donors (Lipinski definition) is 1. The van der Waals surface area contributed by atoms with Crippen LogP contribution in [0.4, 0.5) is 5.69 Å². The molecule has 0 fully saturated rings. The molecule has 3 nitrogen and oxygen atoms in total. The van der Waals surface area contributed by atoms with Gasteiger partial charge >= 0.3 is 0 Å². The highest BCUT2D eigenvalue weighted by Crippen LogP contribution is 2.23. The SMILES string of the molecule is COc1ccc(N=C(N)SC)c(C)c1. The molecule has 0 aromatic heterocycles. The fourth-order valence-electron chi connectivity index (χ4n) is 1.04. The first-order valence-corrected chi connectivity index (χ1v) is 5.42. The number of nitrogens with two attached hydrogens (primary N) is 1. The van der Waals surface area contributed by atoms with Gasteiger partial charge < -0.3 is 10.5 Å². The molecule has 0 aliphatic heterocycles. The Bertz CT molecular complexity index is 350. The van der Waals surface area contributed by atoms with Crippen LogP contribution in [0, 0.1) is 6.92 Å². The van der Waals surface area contributed by atoms with Gasteiger partial charge in [-0.15, -0.1) is 0 Å². The highest BCUT2D eigenvalue weighted by molar-refractivity contribution is 8.13. The van der Waals surface area contributed by atoms with Crippen molar-refractivity contribution in [1.29, 1.82) is 0 Å². The minimum atomic E-state index is 0.568. The van der Waals surface area contributed by atoms with E-state index in [2.05, 4.69) is 4.99 Å². The highest BCUT2D eigenvalue weighted by atomic mass is 32.2. The van der Waals surface area contributed by atoms with Gasteiger partial charge in [-0.1, -0.05) is 11.8 Å². The van der Waals surface area contributed by atoms with Crippen LogP contribution >= 0.6 is 11.8 Å². The summed E-state index contributed by atoms with van der Waals surface area (Å²) in [6.45, 7) is 1.98. The average molecular weight is 210 g/mol. The van der Waals surface area contributed by atoms with Crippen LogP contribution in [0.25, 0.3) is 0 Å². The molecule has 1 aromatic carbocycles. The highest BCUT2D eigenvalue weighted by Gasteiger charge is 1.99. The van der Waals surface area contributed by atoms with E-state index in [0.717, 1.165) is 17.0 Å². The number of aryl methyl sites for hydroxylation is 1. The number of hydrogen-bond acceptors (Lipinski definition) is 3. The van der Waals surface area contributed by atoms with Crippen molar-refractivity contribution >= 4 is 22.6 Å². The van der Waals surface area contributed by atoms with Gasteiger partial charge in [-0.3, -0.25) is 0 Å². The topological polar surface area (TPSA) is 47.6 Å². The molecule has 0 unspecified atom stereocenters. The predicted molar refractivity (Wildman–Crippen MR) is 62.5 cm³/mol. The quantitative estimate of drug-likeness (QED) is 0.602. The van der Waals surface area contributed by atoms with Crippen molar-refractivity contribution in [2.24, 2.45) is 10.7 Å². The van der Waals surface area contributed by atoms with Crippen LogP contribution in [0.2, 0.25) is 0 Å². The number of aliphatic imine (C=N–C) groups is 1. The summed E-state index contributed by atoms with van der Waals surface area (Å²) in [5.74, 6) is 0.837. The molecule has 2 N–H and O–H groups in total.